The van der Waals surface area contributed by atoms with Crippen molar-refractivity contribution in [2.45, 2.75) is 30.6 Å². The zero-order valence-corrected chi connectivity index (χ0v) is 17.6. The Labute approximate surface area is 182 Å². The normalized spacial score (nSPS) is 34.4. The molecule has 1 aromatic carbocycles. The fourth-order valence-corrected chi connectivity index (χ4v) is 5.58. The fourth-order valence-electron chi connectivity index (χ4n) is 5.58. The zero-order chi connectivity index (χ0) is 23.9. The molecule has 1 fully saturated rings. The first kappa shape index (κ1) is 22.0. The lowest BCUT2D eigenvalue weighted by Gasteiger charge is -2.53. The molecule has 1 aromatic rings. The van der Waals surface area contributed by atoms with E-state index < -0.39 is 75.6 Å². The monoisotopic (exact) mass is 444 g/mol. The number of carbonyl (C=O) groups is 3. The van der Waals surface area contributed by atoms with E-state index in [4.69, 9.17) is 5.73 Å². The molecule has 0 heterocycles. The molecule has 0 bridgehead atoms. The van der Waals surface area contributed by atoms with Crippen molar-refractivity contribution in [1.82, 2.24) is 4.90 Å². The maximum absolute atomic E-state index is 13.7. The van der Waals surface area contributed by atoms with E-state index in [0.717, 1.165) is 0 Å². The van der Waals surface area contributed by atoms with E-state index in [1.165, 1.54) is 25.1 Å². The number of aliphatic hydroxyl groups excluding tert-OH is 3. The van der Waals surface area contributed by atoms with Gasteiger partial charge in [-0.15, -0.1) is 0 Å². The van der Waals surface area contributed by atoms with Gasteiger partial charge >= 0.3 is 0 Å². The second kappa shape index (κ2) is 6.89. The lowest BCUT2D eigenvalue weighted by Crippen LogP contribution is -2.70. The van der Waals surface area contributed by atoms with E-state index in [1.807, 2.05) is 0 Å². The van der Waals surface area contributed by atoms with Crippen LogP contribution in [0.15, 0.2) is 35.1 Å². The lowest BCUT2D eigenvalue weighted by molar-refractivity contribution is -0.169. The standard InChI is InChI=1S/C22H24N2O8/c1-7-8-5-4-6-9(25)11(8)16(26)12-10(7)17(27)14-15(24(2)3)18(28)13(21(23)31)20(30)22(14,32)19(12)29/h4-7,10,14-15,17,25-27,30,32H,1-3H3,(H2,23,31)/t7-,10+,14?,15-,17?,22-/m0/s1. The molecule has 32 heavy (non-hydrogen) atoms. The molecule has 0 aromatic heterocycles. The summed E-state index contributed by atoms with van der Waals surface area (Å²) in [6.45, 7) is 1.68. The number of amides is 1. The number of phenolic OH excluding ortho intramolecular Hbond substituents is 1. The smallest absolute Gasteiger partial charge is 0.255 e. The summed E-state index contributed by atoms with van der Waals surface area (Å²) in [7, 11) is 2.92. The van der Waals surface area contributed by atoms with Crippen molar-refractivity contribution in [2.24, 2.45) is 17.6 Å². The molecule has 170 valence electrons. The van der Waals surface area contributed by atoms with E-state index >= 15 is 0 Å². The van der Waals surface area contributed by atoms with Gasteiger partial charge in [0.15, 0.2) is 11.4 Å². The molecule has 0 aliphatic heterocycles. The number of benzene rings is 1. The molecule has 10 nitrogen and oxygen atoms in total. The van der Waals surface area contributed by atoms with E-state index in [1.54, 1.807) is 19.1 Å². The first-order valence-electron chi connectivity index (χ1n) is 10.0. The molecule has 4 rings (SSSR count). The van der Waals surface area contributed by atoms with Crippen LogP contribution < -0.4 is 5.73 Å². The van der Waals surface area contributed by atoms with Gasteiger partial charge in [0, 0.05) is 11.5 Å². The molecule has 2 unspecified atom stereocenters. The summed E-state index contributed by atoms with van der Waals surface area (Å²) in [6.07, 6.45) is -1.59. The fraction of sp³-hybridized carbons (Fsp3) is 0.409. The van der Waals surface area contributed by atoms with E-state index in [0.29, 0.717) is 5.56 Å². The van der Waals surface area contributed by atoms with Crippen LogP contribution in [0, 0.1) is 11.8 Å². The van der Waals surface area contributed by atoms with Gasteiger partial charge < -0.3 is 31.3 Å². The SMILES string of the molecule is C[C@H]1c2cccc(O)c2C(O)=C2C(=O)[C@]3(O)C(O)=C(C(N)=O)C(=O)[C@@H](N(C)C)C3C(O)[C@@H]21. The van der Waals surface area contributed by atoms with E-state index in [9.17, 15) is 39.9 Å². The molecule has 1 amide bonds. The van der Waals surface area contributed by atoms with Crippen LogP contribution in [0.4, 0.5) is 0 Å². The highest BCUT2D eigenvalue weighted by Gasteiger charge is 2.68. The summed E-state index contributed by atoms with van der Waals surface area (Å²) in [5.41, 5.74) is 1.47. The lowest BCUT2D eigenvalue weighted by atomic mass is 9.54. The molecule has 10 heteroatoms. The van der Waals surface area contributed by atoms with Crippen molar-refractivity contribution < 1.29 is 39.9 Å². The van der Waals surface area contributed by atoms with Crippen LogP contribution in [-0.4, -0.2) is 79.7 Å². The number of carbonyl (C=O) groups excluding carboxylic acids is 3. The quantitative estimate of drug-likeness (QED) is 0.327. The van der Waals surface area contributed by atoms with Crippen LogP contribution in [-0.2, 0) is 14.4 Å². The Morgan fingerprint density at radius 2 is 1.78 bits per heavy atom. The molecule has 1 saturated carbocycles. The van der Waals surface area contributed by atoms with Crippen molar-refractivity contribution in [3.8, 4) is 5.75 Å². The number of nitrogens with zero attached hydrogens (tertiary/aromatic N) is 1. The van der Waals surface area contributed by atoms with Gasteiger partial charge in [0.2, 0.25) is 5.78 Å². The Morgan fingerprint density at radius 1 is 1.16 bits per heavy atom. The number of aromatic hydroxyl groups is 1. The van der Waals surface area contributed by atoms with Gasteiger partial charge in [-0.25, -0.2) is 0 Å². The van der Waals surface area contributed by atoms with Gasteiger partial charge in [0.25, 0.3) is 5.91 Å². The Morgan fingerprint density at radius 3 is 2.34 bits per heavy atom. The van der Waals surface area contributed by atoms with Gasteiger partial charge in [0.05, 0.1) is 23.6 Å². The number of ketones is 2. The number of rotatable bonds is 2. The minimum atomic E-state index is -2.89. The van der Waals surface area contributed by atoms with E-state index in [2.05, 4.69) is 0 Å². The molecule has 3 aliphatic carbocycles. The summed E-state index contributed by atoms with van der Waals surface area (Å²) in [4.78, 5) is 40.0. The van der Waals surface area contributed by atoms with Crippen molar-refractivity contribution in [2.75, 3.05) is 14.1 Å². The highest BCUT2D eigenvalue weighted by atomic mass is 16.4. The molecule has 0 saturated heterocycles. The molecular formula is C22H24N2O8. The van der Waals surface area contributed by atoms with Crippen molar-refractivity contribution in [3.05, 3.63) is 46.2 Å². The van der Waals surface area contributed by atoms with Crippen molar-refractivity contribution in [3.63, 3.8) is 0 Å². The first-order chi connectivity index (χ1) is 14.9. The molecule has 6 atom stereocenters. The number of primary amides is 1. The van der Waals surface area contributed by atoms with Crippen molar-refractivity contribution >= 4 is 23.2 Å². The summed E-state index contributed by atoms with van der Waals surface area (Å²) in [5, 5.41) is 54.9. The summed E-state index contributed by atoms with van der Waals surface area (Å²) >= 11 is 0. The third-order valence-electron chi connectivity index (χ3n) is 6.99. The van der Waals surface area contributed by atoms with Gasteiger partial charge in [0.1, 0.15) is 22.8 Å². The first-order valence-corrected chi connectivity index (χ1v) is 10.0. The highest BCUT2D eigenvalue weighted by Crippen LogP contribution is 2.55. The predicted octanol–water partition coefficient (Wildman–Crippen LogP) is -0.504. The van der Waals surface area contributed by atoms with Crippen LogP contribution in [0.3, 0.4) is 0 Å². The van der Waals surface area contributed by atoms with Crippen LogP contribution in [0.5, 0.6) is 5.75 Å². The molecule has 0 spiro atoms. The number of fused-ring (bicyclic) bond motifs is 3. The van der Waals surface area contributed by atoms with Gasteiger partial charge in [-0.1, -0.05) is 19.1 Å². The largest absolute Gasteiger partial charge is 0.508 e. The molecule has 3 aliphatic rings. The van der Waals surface area contributed by atoms with Gasteiger partial charge in [-0.05, 0) is 31.6 Å². The van der Waals surface area contributed by atoms with Gasteiger partial charge in [-0.3, -0.25) is 19.3 Å². The Hall–Kier alpha value is -3.21. The number of likely N-dealkylation sites (N-methyl/N-ethyl adjacent to an activating group) is 1. The maximum atomic E-state index is 13.7. The Bertz CT molecular complexity index is 1140. The van der Waals surface area contributed by atoms with Crippen LogP contribution in [0.1, 0.15) is 24.0 Å². The Kier molecular flexibility index (Phi) is 4.74. The molecular weight excluding hydrogens is 420 g/mol. The van der Waals surface area contributed by atoms with Gasteiger partial charge in [-0.2, -0.15) is 0 Å². The van der Waals surface area contributed by atoms with Crippen molar-refractivity contribution in [1.29, 1.82) is 0 Å². The number of hydrogen-bond donors (Lipinski definition) is 6. The van der Waals surface area contributed by atoms with E-state index in [-0.39, 0.29) is 11.3 Å². The van der Waals surface area contributed by atoms with Crippen LogP contribution >= 0.6 is 0 Å². The second-order valence-corrected chi connectivity index (χ2v) is 8.79. The third kappa shape index (κ3) is 2.48. The summed E-state index contributed by atoms with van der Waals surface area (Å²) in [6, 6.07) is 3.13. The number of phenols is 1. The second-order valence-electron chi connectivity index (χ2n) is 8.79. The average molecular weight is 444 g/mol. The minimum Gasteiger partial charge on any atom is -0.508 e. The predicted molar refractivity (Wildman–Crippen MR) is 110 cm³/mol. The summed E-state index contributed by atoms with van der Waals surface area (Å²) < 4.78 is 0. The number of Topliss-reactive ketones (excluding diaryl/α,β-unsaturated/α-hetero) is 2. The third-order valence-corrected chi connectivity index (χ3v) is 6.99. The summed E-state index contributed by atoms with van der Waals surface area (Å²) in [5.74, 6) is -8.87. The average Bonchev–Trinajstić information content (AvgIpc) is 2.70. The molecule has 0 radical (unpaired) electrons. The highest BCUT2D eigenvalue weighted by molar-refractivity contribution is 6.24. The maximum Gasteiger partial charge on any atom is 0.255 e. The number of nitrogens with two attached hydrogens (primary N) is 1. The minimum absolute atomic E-state index is 0.0245. The topological polar surface area (TPSA) is 182 Å². The number of hydrogen-bond acceptors (Lipinski definition) is 9. The van der Waals surface area contributed by atoms with Crippen LogP contribution in [0.25, 0.3) is 5.76 Å². The molecule has 7 N–H and O–H groups in total. The zero-order valence-electron chi connectivity index (χ0n) is 17.6. The van der Waals surface area contributed by atoms with Crippen LogP contribution in [0.2, 0.25) is 0 Å². The Balaban J connectivity index is 2.07. The number of aliphatic hydroxyl groups is 4.